The second kappa shape index (κ2) is 3.06. The standard InChI is InChI=1S/C12H10N4/c13-11-9-5-7-3-1-2-4-8(7)6-10(9)15-12(14)16-11/h1-6H,(H4,13,14,15,16). The molecule has 3 rings (SSSR count). The normalized spacial score (nSPS) is 11.0. The molecule has 4 nitrogen and oxygen atoms in total. The van der Waals surface area contributed by atoms with Crippen molar-refractivity contribution in [1.82, 2.24) is 9.97 Å². The number of anilines is 2. The van der Waals surface area contributed by atoms with E-state index in [4.69, 9.17) is 11.5 Å². The van der Waals surface area contributed by atoms with E-state index in [9.17, 15) is 0 Å². The first-order valence-electron chi connectivity index (χ1n) is 4.95. The van der Waals surface area contributed by atoms with Gasteiger partial charge < -0.3 is 11.5 Å². The third kappa shape index (κ3) is 1.24. The molecular formula is C12H10N4. The third-order valence-corrected chi connectivity index (χ3v) is 2.61. The molecule has 3 aromatic rings. The van der Waals surface area contributed by atoms with Crippen molar-refractivity contribution in [3.8, 4) is 0 Å². The van der Waals surface area contributed by atoms with Crippen LogP contribution in [0.5, 0.6) is 0 Å². The molecule has 0 amide bonds. The number of benzene rings is 2. The Labute approximate surface area is 91.9 Å². The van der Waals surface area contributed by atoms with E-state index in [0.29, 0.717) is 5.82 Å². The molecule has 0 saturated carbocycles. The van der Waals surface area contributed by atoms with Gasteiger partial charge in [0, 0.05) is 5.39 Å². The van der Waals surface area contributed by atoms with Crippen LogP contribution in [-0.4, -0.2) is 9.97 Å². The Morgan fingerprint density at radius 2 is 1.56 bits per heavy atom. The average Bonchev–Trinajstić information content (AvgIpc) is 2.27. The quantitative estimate of drug-likeness (QED) is 0.556. The highest BCUT2D eigenvalue weighted by molar-refractivity contribution is 6.00. The first-order chi connectivity index (χ1) is 7.74. The van der Waals surface area contributed by atoms with Crippen LogP contribution in [0.25, 0.3) is 21.7 Å². The highest BCUT2D eigenvalue weighted by Gasteiger charge is 2.04. The highest BCUT2D eigenvalue weighted by atomic mass is 15.0. The number of fused-ring (bicyclic) bond motifs is 2. The van der Waals surface area contributed by atoms with E-state index >= 15 is 0 Å². The van der Waals surface area contributed by atoms with Gasteiger partial charge >= 0.3 is 0 Å². The number of hydrogen-bond donors (Lipinski definition) is 2. The lowest BCUT2D eigenvalue weighted by Crippen LogP contribution is -2.00. The van der Waals surface area contributed by atoms with Gasteiger partial charge in [-0.2, -0.15) is 4.98 Å². The number of hydrogen-bond acceptors (Lipinski definition) is 4. The maximum Gasteiger partial charge on any atom is 0.222 e. The summed E-state index contributed by atoms with van der Waals surface area (Å²) in [5.41, 5.74) is 12.2. The zero-order chi connectivity index (χ0) is 11.1. The van der Waals surface area contributed by atoms with Crippen LogP contribution < -0.4 is 11.5 Å². The molecule has 0 aliphatic rings. The Morgan fingerprint density at radius 3 is 2.31 bits per heavy atom. The lowest BCUT2D eigenvalue weighted by Gasteiger charge is -2.04. The molecule has 4 N–H and O–H groups in total. The van der Waals surface area contributed by atoms with Gasteiger partial charge in [-0.1, -0.05) is 24.3 Å². The number of nitrogens with two attached hydrogens (primary N) is 2. The van der Waals surface area contributed by atoms with E-state index < -0.39 is 0 Å². The van der Waals surface area contributed by atoms with E-state index in [2.05, 4.69) is 9.97 Å². The van der Waals surface area contributed by atoms with Gasteiger partial charge in [0.2, 0.25) is 5.95 Å². The van der Waals surface area contributed by atoms with Crippen LogP contribution in [0.3, 0.4) is 0 Å². The summed E-state index contributed by atoms with van der Waals surface area (Å²) >= 11 is 0. The molecule has 0 radical (unpaired) electrons. The van der Waals surface area contributed by atoms with E-state index in [0.717, 1.165) is 21.7 Å². The minimum atomic E-state index is 0.209. The van der Waals surface area contributed by atoms with Crippen LogP contribution in [0.4, 0.5) is 11.8 Å². The van der Waals surface area contributed by atoms with Crippen molar-refractivity contribution in [1.29, 1.82) is 0 Å². The van der Waals surface area contributed by atoms with Crippen LogP contribution in [0.1, 0.15) is 0 Å². The largest absolute Gasteiger partial charge is 0.383 e. The Hall–Kier alpha value is -2.36. The summed E-state index contributed by atoms with van der Waals surface area (Å²) in [6.07, 6.45) is 0. The molecule has 0 fully saturated rings. The van der Waals surface area contributed by atoms with Crippen molar-refractivity contribution < 1.29 is 0 Å². The van der Waals surface area contributed by atoms with Crippen LogP contribution in [0, 0.1) is 0 Å². The predicted octanol–water partition coefficient (Wildman–Crippen LogP) is 1.95. The summed E-state index contributed by atoms with van der Waals surface area (Å²) in [5, 5.41) is 3.08. The topological polar surface area (TPSA) is 77.8 Å². The van der Waals surface area contributed by atoms with Crippen molar-refractivity contribution in [2.45, 2.75) is 0 Å². The first kappa shape index (κ1) is 8.91. The Bertz CT molecular complexity index is 691. The minimum absolute atomic E-state index is 0.209. The molecule has 0 atom stereocenters. The molecule has 0 saturated heterocycles. The van der Waals surface area contributed by atoms with Crippen molar-refractivity contribution >= 4 is 33.4 Å². The molecule has 0 unspecified atom stereocenters. The molecule has 0 spiro atoms. The van der Waals surface area contributed by atoms with Gasteiger partial charge in [0.1, 0.15) is 5.82 Å². The van der Waals surface area contributed by atoms with Gasteiger partial charge in [0.05, 0.1) is 5.52 Å². The Kier molecular flexibility index (Phi) is 1.71. The van der Waals surface area contributed by atoms with Gasteiger partial charge in [0.25, 0.3) is 0 Å². The molecule has 0 aliphatic heterocycles. The van der Waals surface area contributed by atoms with Crippen LogP contribution in [-0.2, 0) is 0 Å². The predicted molar refractivity (Wildman–Crippen MR) is 65.9 cm³/mol. The number of rotatable bonds is 0. The van der Waals surface area contributed by atoms with E-state index in [-0.39, 0.29) is 5.95 Å². The first-order valence-corrected chi connectivity index (χ1v) is 4.95. The third-order valence-electron chi connectivity index (χ3n) is 2.61. The molecule has 1 heterocycles. The maximum absolute atomic E-state index is 5.82. The lowest BCUT2D eigenvalue weighted by atomic mass is 10.1. The number of nitrogen functional groups attached to an aromatic ring is 2. The van der Waals surface area contributed by atoms with Gasteiger partial charge in [-0.3, -0.25) is 0 Å². The fourth-order valence-corrected chi connectivity index (χ4v) is 1.86. The molecule has 78 valence electrons. The fraction of sp³-hybridized carbons (Fsp3) is 0. The van der Waals surface area contributed by atoms with Crippen molar-refractivity contribution in [2.24, 2.45) is 0 Å². The van der Waals surface area contributed by atoms with Crippen LogP contribution >= 0.6 is 0 Å². The highest BCUT2D eigenvalue weighted by Crippen LogP contribution is 2.24. The average molecular weight is 210 g/mol. The van der Waals surface area contributed by atoms with Crippen molar-refractivity contribution in [3.63, 3.8) is 0 Å². The van der Waals surface area contributed by atoms with Gasteiger partial charge in [-0.25, -0.2) is 4.98 Å². The molecule has 16 heavy (non-hydrogen) atoms. The van der Waals surface area contributed by atoms with Gasteiger partial charge in [-0.15, -0.1) is 0 Å². The fourth-order valence-electron chi connectivity index (χ4n) is 1.86. The van der Waals surface area contributed by atoms with Crippen LogP contribution in [0.2, 0.25) is 0 Å². The van der Waals surface area contributed by atoms with E-state index in [1.54, 1.807) is 0 Å². The summed E-state index contributed by atoms with van der Waals surface area (Å²) in [6.45, 7) is 0. The minimum Gasteiger partial charge on any atom is -0.383 e. The number of aromatic nitrogens is 2. The van der Waals surface area contributed by atoms with Crippen molar-refractivity contribution in [3.05, 3.63) is 36.4 Å². The summed E-state index contributed by atoms with van der Waals surface area (Å²) in [5.74, 6) is 0.633. The second-order valence-electron chi connectivity index (χ2n) is 3.68. The Morgan fingerprint density at radius 1 is 0.875 bits per heavy atom. The van der Waals surface area contributed by atoms with E-state index in [1.807, 2.05) is 36.4 Å². The number of nitrogens with zero attached hydrogens (tertiary/aromatic N) is 2. The summed E-state index contributed by atoms with van der Waals surface area (Å²) in [6, 6.07) is 12.0. The second-order valence-corrected chi connectivity index (χ2v) is 3.68. The van der Waals surface area contributed by atoms with Gasteiger partial charge in [0.15, 0.2) is 0 Å². The van der Waals surface area contributed by atoms with Gasteiger partial charge in [-0.05, 0) is 22.9 Å². The summed E-state index contributed by atoms with van der Waals surface area (Å²) < 4.78 is 0. The summed E-state index contributed by atoms with van der Waals surface area (Å²) in [4.78, 5) is 8.13. The van der Waals surface area contributed by atoms with Crippen LogP contribution in [0.15, 0.2) is 36.4 Å². The molecule has 0 aliphatic carbocycles. The molecule has 1 aromatic heterocycles. The molecule has 0 bridgehead atoms. The zero-order valence-corrected chi connectivity index (χ0v) is 8.51. The lowest BCUT2D eigenvalue weighted by molar-refractivity contribution is 1.25. The summed E-state index contributed by atoms with van der Waals surface area (Å²) in [7, 11) is 0. The maximum atomic E-state index is 5.82. The van der Waals surface area contributed by atoms with E-state index in [1.165, 1.54) is 0 Å². The Balaban J connectivity index is 2.51. The molecule has 2 aromatic carbocycles. The monoisotopic (exact) mass is 210 g/mol. The smallest absolute Gasteiger partial charge is 0.222 e. The SMILES string of the molecule is Nc1nc(N)c2cc3ccccc3cc2n1. The molecule has 4 heteroatoms. The van der Waals surface area contributed by atoms with Crippen molar-refractivity contribution in [2.75, 3.05) is 11.5 Å². The zero-order valence-electron chi connectivity index (χ0n) is 8.51. The molecular weight excluding hydrogens is 200 g/mol.